The molecule has 0 bridgehead atoms. The van der Waals surface area contributed by atoms with Gasteiger partial charge in [-0.05, 0) is 111 Å². The van der Waals surface area contributed by atoms with Crippen molar-refractivity contribution >= 4 is 0 Å². The van der Waals surface area contributed by atoms with E-state index in [0.717, 1.165) is 42.9 Å². The molecule has 5 aliphatic rings. The zero-order valence-electron chi connectivity index (χ0n) is 19.1. The van der Waals surface area contributed by atoms with E-state index in [1.807, 2.05) is 0 Å². The molecule has 164 valence electrons. The Kier molecular flexibility index (Phi) is 5.22. The summed E-state index contributed by atoms with van der Waals surface area (Å²) in [4.78, 5) is 0. The van der Waals surface area contributed by atoms with Gasteiger partial charge in [0.15, 0.2) is 0 Å². The Balaban J connectivity index is 1.32. The van der Waals surface area contributed by atoms with Crippen LogP contribution in [0.4, 0.5) is 0 Å². The standard InChI is InChI=1S/C27H44O2/c1-17(25(29)11-6-18-4-5-18)22-9-10-23-21-8-7-19-16-20(28)12-14-26(19,2)24(21)13-15-27(22,23)3/h7,17-18,20-25,28-29H,4-6,8-16H2,1-3H3/t17-,20-,21-,22+,23-,24-,25-,26-,27+/m0/s1. The Labute approximate surface area is 178 Å². The van der Waals surface area contributed by atoms with Crippen molar-refractivity contribution in [1.29, 1.82) is 0 Å². The predicted octanol–water partition coefficient (Wildman–Crippen LogP) is 6.11. The number of hydrogen-bond acceptors (Lipinski definition) is 2. The molecule has 5 aliphatic carbocycles. The third-order valence-corrected chi connectivity index (χ3v) is 11.0. The van der Waals surface area contributed by atoms with Crippen molar-refractivity contribution in [2.45, 2.75) is 110 Å². The second-order valence-corrected chi connectivity index (χ2v) is 12.3. The van der Waals surface area contributed by atoms with Crippen LogP contribution in [0.3, 0.4) is 0 Å². The first kappa shape index (κ1) is 20.6. The van der Waals surface area contributed by atoms with Crippen molar-refractivity contribution in [1.82, 2.24) is 0 Å². The van der Waals surface area contributed by atoms with Gasteiger partial charge in [0.2, 0.25) is 0 Å². The van der Waals surface area contributed by atoms with Gasteiger partial charge in [-0.3, -0.25) is 0 Å². The SMILES string of the molecule is C[C@@H]([C@H]1CC[C@H]2[C@@H]3CC=C4C[C@@H](O)CC[C@]4(C)[C@H]3CC[C@]12C)[C@@H](O)CCC1CC1. The Morgan fingerprint density at radius 3 is 2.59 bits per heavy atom. The second-order valence-electron chi connectivity index (χ2n) is 12.3. The van der Waals surface area contributed by atoms with Gasteiger partial charge >= 0.3 is 0 Å². The topological polar surface area (TPSA) is 40.5 Å². The van der Waals surface area contributed by atoms with Crippen LogP contribution in [-0.4, -0.2) is 22.4 Å². The molecule has 4 saturated carbocycles. The van der Waals surface area contributed by atoms with Crippen molar-refractivity contribution in [3.05, 3.63) is 11.6 Å². The fraction of sp³-hybridized carbons (Fsp3) is 0.926. The summed E-state index contributed by atoms with van der Waals surface area (Å²) in [7, 11) is 0. The molecule has 0 spiro atoms. The van der Waals surface area contributed by atoms with Crippen LogP contribution in [0.5, 0.6) is 0 Å². The number of allylic oxidation sites excluding steroid dienone is 1. The molecule has 29 heavy (non-hydrogen) atoms. The molecule has 0 heterocycles. The molecule has 5 rings (SSSR count). The lowest BCUT2D eigenvalue weighted by atomic mass is 9.47. The number of rotatable bonds is 5. The Morgan fingerprint density at radius 1 is 1.03 bits per heavy atom. The normalized spacial score (nSPS) is 48.9. The average molecular weight is 401 g/mol. The third kappa shape index (κ3) is 3.36. The third-order valence-electron chi connectivity index (χ3n) is 11.0. The molecule has 2 heteroatoms. The van der Waals surface area contributed by atoms with Gasteiger partial charge in [-0.25, -0.2) is 0 Å². The number of aliphatic hydroxyl groups excluding tert-OH is 2. The van der Waals surface area contributed by atoms with Gasteiger partial charge in [-0.15, -0.1) is 0 Å². The maximum absolute atomic E-state index is 11.0. The maximum Gasteiger partial charge on any atom is 0.0577 e. The first-order valence-corrected chi connectivity index (χ1v) is 12.9. The lowest BCUT2D eigenvalue weighted by Crippen LogP contribution is -2.51. The van der Waals surface area contributed by atoms with Gasteiger partial charge in [-0.1, -0.05) is 45.3 Å². The monoisotopic (exact) mass is 400 g/mol. The number of fused-ring (bicyclic) bond motifs is 5. The minimum absolute atomic E-state index is 0.0934. The van der Waals surface area contributed by atoms with Gasteiger partial charge < -0.3 is 10.2 Å². The maximum atomic E-state index is 11.0. The number of hydrogen-bond donors (Lipinski definition) is 2. The van der Waals surface area contributed by atoms with E-state index >= 15 is 0 Å². The van der Waals surface area contributed by atoms with Crippen LogP contribution in [0, 0.1) is 46.3 Å². The minimum atomic E-state index is -0.103. The lowest BCUT2D eigenvalue weighted by Gasteiger charge is -2.58. The molecular weight excluding hydrogens is 356 g/mol. The quantitative estimate of drug-likeness (QED) is 0.546. The Morgan fingerprint density at radius 2 is 1.83 bits per heavy atom. The number of aliphatic hydroxyl groups is 2. The molecule has 9 atom stereocenters. The van der Waals surface area contributed by atoms with E-state index in [-0.39, 0.29) is 12.2 Å². The van der Waals surface area contributed by atoms with Crippen LogP contribution in [0.25, 0.3) is 0 Å². The summed E-state index contributed by atoms with van der Waals surface area (Å²) in [6.07, 6.45) is 17.2. The van der Waals surface area contributed by atoms with E-state index in [1.54, 1.807) is 5.57 Å². The van der Waals surface area contributed by atoms with Gasteiger partial charge in [0.25, 0.3) is 0 Å². The van der Waals surface area contributed by atoms with Gasteiger partial charge in [0.1, 0.15) is 0 Å². The molecule has 4 fully saturated rings. The molecule has 0 radical (unpaired) electrons. The first-order chi connectivity index (χ1) is 13.8. The van der Waals surface area contributed by atoms with Crippen molar-refractivity contribution in [2.75, 3.05) is 0 Å². The average Bonchev–Trinajstić information content (AvgIpc) is 3.46. The van der Waals surface area contributed by atoms with Crippen molar-refractivity contribution < 1.29 is 10.2 Å². The van der Waals surface area contributed by atoms with Crippen molar-refractivity contribution in [3.8, 4) is 0 Å². The summed E-state index contributed by atoms with van der Waals surface area (Å²) in [6.45, 7) is 7.49. The highest BCUT2D eigenvalue weighted by molar-refractivity contribution is 5.25. The summed E-state index contributed by atoms with van der Waals surface area (Å²) in [6, 6.07) is 0. The van der Waals surface area contributed by atoms with E-state index in [9.17, 15) is 10.2 Å². The highest BCUT2D eigenvalue weighted by Gasteiger charge is 2.59. The first-order valence-electron chi connectivity index (χ1n) is 12.9. The summed E-state index contributed by atoms with van der Waals surface area (Å²) < 4.78 is 0. The smallest absolute Gasteiger partial charge is 0.0577 e. The molecule has 0 saturated heterocycles. The molecule has 2 N–H and O–H groups in total. The molecule has 0 aromatic heterocycles. The molecule has 0 amide bonds. The summed E-state index contributed by atoms with van der Waals surface area (Å²) in [5.41, 5.74) is 2.35. The molecule has 0 aromatic rings. The van der Waals surface area contributed by atoms with E-state index in [0.29, 0.717) is 22.7 Å². The van der Waals surface area contributed by atoms with Gasteiger partial charge in [0.05, 0.1) is 12.2 Å². The molecule has 0 aliphatic heterocycles. The lowest BCUT2D eigenvalue weighted by molar-refractivity contribution is -0.0680. The van der Waals surface area contributed by atoms with Gasteiger partial charge in [-0.2, -0.15) is 0 Å². The highest BCUT2D eigenvalue weighted by Crippen LogP contribution is 2.67. The zero-order chi connectivity index (χ0) is 20.4. The molecule has 0 unspecified atom stereocenters. The van der Waals surface area contributed by atoms with E-state index in [1.165, 1.54) is 57.8 Å². The summed E-state index contributed by atoms with van der Waals surface area (Å²) in [5.74, 6) is 4.58. The molecule has 0 aromatic carbocycles. The minimum Gasteiger partial charge on any atom is -0.393 e. The molecular formula is C27H44O2. The summed E-state index contributed by atoms with van der Waals surface area (Å²) in [5, 5.41) is 21.2. The van der Waals surface area contributed by atoms with E-state index < -0.39 is 0 Å². The van der Waals surface area contributed by atoms with Crippen LogP contribution >= 0.6 is 0 Å². The van der Waals surface area contributed by atoms with Crippen LogP contribution in [0.1, 0.15) is 97.8 Å². The second kappa shape index (κ2) is 7.37. The predicted molar refractivity (Wildman–Crippen MR) is 118 cm³/mol. The fourth-order valence-electron chi connectivity index (χ4n) is 8.89. The Bertz CT molecular complexity index is 651. The Hall–Kier alpha value is -0.340. The molecule has 2 nitrogen and oxygen atoms in total. The largest absolute Gasteiger partial charge is 0.393 e. The van der Waals surface area contributed by atoms with E-state index in [2.05, 4.69) is 26.8 Å². The van der Waals surface area contributed by atoms with Crippen LogP contribution in [0.2, 0.25) is 0 Å². The van der Waals surface area contributed by atoms with Crippen molar-refractivity contribution in [2.24, 2.45) is 46.3 Å². The van der Waals surface area contributed by atoms with Crippen molar-refractivity contribution in [3.63, 3.8) is 0 Å². The van der Waals surface area contributed by atoms with Crippen LogP contribution < -0.4 is 0 Å². The summed E-state index contributed by atoms with van der Waals surface area (Å²) >= 11 is 0. The van der Waals surface area contributed by atoms with E-state index in [4.69, 9.17) is 0 Å². The fourth-order valence-corrected chi connectivity index (χ4v) is 8.89. The van der Waals surface area contributed by atoms with Gasteiger partial charge in [0, 0.05) is 0 Å². The van der Waals surface area contributed by atoms with Crippen LogP contribution in [0.15, 0.2) is 11.6 Å². The highest BCUT2D eigenvalue weighted by atomic mass is 16.3. The zero-order valence-corrected chi connectivity index (χ0v) is 19.1. The van der Waals surface area contributed by atoms with Crippen LogP contribution in [-0.2, 0) is 0 Å².